The Labute approximate surface area is 304 Å². The molecule has 0 amide bonds. The standard InChI is InChI=1S/C49H37NO2/c1-3-13-32(14-4-1)33-25-28-47-42(29-33)49(39-18-8-11-21-45(39)51-46-22-12-9-19-40(46)49)41-27-24-35(31-48(41)52-47)34-23-26-38-37-17-7-10-20-43(37)50(44(38)30-34)36-15-5-2-6-16-36/h1-6,8-16,18,20-24,26-27,29-31,40H,7,17,19,25,28H2. The van der Waals surface area contributed by atoms with Gasteiger partial charge in [0.25, 0.3) is 0 Å². The fourth-order valence-corrected chi connectivity index (χ4v) is 9.66. The van der Waals surface area contributed by atoms with Crippen molar-refractivity contribution in [2.45, 2.75) is 37.5 Å². The minimum absolute atomic E-state index is 0.0992. The lowest BCUT2D eigenvalue weighted by molar-refractivity contribution is 0.228. The molecule has 0 fully saturated rings. The van der Waals surface area contributed by atoms with Crippen LogP contribution in [0.15, 0.2) is 169 Å². The fraction of sp³-hybridized carbons (Fsp3) is 0.143. The van der Waals surface area contributed by atoms with Crippen molar-refractivity contribution in [1.82, 2.24) is 4.57 Å². The number of para-hydroxylation sites is 2. The Kier molecular flexibility index (Phi) is 6.55. The van der Waals surface area contributed by atoms with E-state index in [1.54, 1.807) is 0 Å². The molecule has 5 aliphatic rings. The van der Waals surface area contributed by atoms with Gasteiger partial charge < -0.3 is 14.0 Å². The molecule has 11 rings (SSSR count). The molecule has 3 heteroatoms. The number of rotatable bonds is 3. The highest BCUT2D eigenvalue weighted by Gasteiger charge is 2.55. The first kappa shape index (κ1) is 29.6. The molecule has 3 nitrogen and oxygen atoms in total. The number of benzene rings is 5. The zero-order chi connectivity index (χ0) is 34.2. The number of nitrogens with zero attached hydrogens (tertiary/aromatic N) is 1. The monoisotopic (exact) mass is 671 g/mol. The smallest absolute Gasteiger partial charge is 0.132 e. The third kappa shape index (κ3) is 4.26. The normalized spacial score (nSPS) is 20.9. The summed E-state index contributed by atoms with van der Waals surface area (Å²) in [7, 11) is 0. The van der Waals surface area contributed by atoms with Gasteiger partial charge >= 0.3 is 0 Å². The molecule has 52 heavy (non-hydrogen) atoms. The summed E-state index contributed by atoms with van der Waals surface area (Å²) in [5, 5.41) is 1.33. The Bertz CT molecular complexity index is 2600. The fourth-order valence-electron chi connectivity index (χ4n) is 9.66. The van der Waals surface area contributed by atoms with E-state index >= 15 is 0 Å². The van der Waals surface area contributed by atoms with Crippen molar-refractivity contribution < 1.29 is 9.47 Å². The van der Waals surface area contributed by atoms with Crippen molar-refractivity contribution in [2.24, 2.45) is 5.92 Å². The lowest BCUT2D eigenvalue weighted by Crippen LogP contribution is -2.46. The van der Waals surface area contributed by atoms with Gasteiger partial charge in [-0.25, -0.2) is 0 Å². The van der Waals surface area contributed by atoms with Gasteiger partial charge in [0.1, 0.15) is 23.0 Å². The Hall–Kier alpha value is -6.06. The molecule has 0 radical (unpaired) electrons. The molecule has 0 N–H and O–H groups in total. The van der Waals surface area contributed by atoms with Crippen molar-refractivity contribution in [2.75, 3.05) is 0 Å². The summed E-state index contributed by atoms with van der Waals surface area (Å²) in [5.41, 5.74) is 13.4. The molecule has 1 spiro atoms. The highest BCUT2D eigenvalue weighted by Crippen LogP contribution is 2.62. The van der Waals surface area contributed by atoms with Gasteiger partial charge in [-0.1, -0.05) is 115 Å². The van der Waals surface area contributed by atoms with Gasteiger partial charge in [-0.3, -0.25) is 0 Å². The van der Waals surface area contributed by atoms with E-state index < -0.39 is 5.41 Å². The first-order chi connectivity index (χ1) is 25.8. The second-order valence-corrected chi connectivity index (χ2v) is 14.6. The summed E-state index contributed by atoms with van der Waals surface area (Å²) in [6, 6.07) is 44.3. The molecule has 2 unspecified atom stereocenters. The van der Waals surface area contributed by atoms with E-state index in [1.165, 1.54) is 61.2 Å². The van der Waals surface area contributed by atoms with Crippen LogP contribution >= 0.6 is 0 Å². The van der Waals surface area contributed by atoms with E-state index in [9.17, 15) is 0 Å². The number of ether oxygens (including phenoxy) is 2. The number of fused-ring (bicyclic) bond motifs is 10. The summed E-state index contributed by atoms with van der Waals surface area (Å²) >= 11 is 0. The summed E-state index contributed by atoms with van der Waals surface area (Å²) in [6.07, 6.45) is 18.5. The van der Waals surface area contributed by atoms with Crippen LogP contribution in [0.1, 0.15) is 53.6 Å². The first-order valence-corrected chi connectivity index (χ1v) is 18.6. The highest BCUT2D eigenvalue weighted by atomic mass is 16.5. The van der Waals surface area contributed by atoms with Gasteiger partial charge in [-0.15, -0.1) is 0 Å². The Morgan fingerprint density at radius 2 is 1.44 bits per heavy atom. The van der Waals surface area contributed by atoms with E-state index in [4.69, 9.17) is 9.47 Å². The molecule has 6 aromatic rings. The van der Waals surface area contributed by atoms with Crippen LogP contribution in [-0.2, 0) is 11.8 Å². The average molecular weight is 672 g/mol. The third-order valence-corrected chi connectivity index (χ3v) is 11.9. The molecule has 3 heterocycles. The quantitative estimate of drug-likeness (QED) is 0.187. The summed E-state index contributed by atoms with van der Waals surface area (Å²) in [6.45, 7) is 0. The minimum Gasteiger partial charge on any atom is -0.461 e. The van der Waals surface area contributed by atoms with Crippen LogP contribution < -0.4 is 9.47 Å². The highest BCUT2D eigenvalue weighted by molar-refractivity contribution is 5.94. The van der Waals surface area contributed by atoms with Crippen LogP contribution in [0, 0.1) is 5.92 Å². The molecule has 0 saturated carbocycles. The molecule has 2 aliphatic heterocycles. The topological polar surface area (TPSA) is 23.4 Å². The zero-order valence-electron chi connectivity index (χ0n) is 28.9. The predicted octanol–water partition coefficient (Wildman–Crippen LogP) is 11.9. The molecule has 0 bridgehead atoms. The molecule has 2 atom stereocenters. The van der Waals surface area contributed by atoms with E-state index in [1.807, 2.05) is 0 Å². The van der Waals surface area contributed by atoms with Crippen LogP contribution in [0.5, 0.6) is 11.5 Å². The number of hydrogen-bond acceptors (Lipinski definition) is 2. The second kappa shape index (κ2) is 11.5. The number of aryl methyl sites for hydroxylation is 1. The van der Waals surface area contributed by atoms with Crippen molar-refractivity contribution in [1.29, 1.82) is 0 Å². The van der Waals surface area contributed by atoms with E-state index in [0.717, 1.165) is 60.7 Å². The largest absolute Gasteiger partial charge is 0.461 e. The number of hydrogen-bond donors (Lipinski definition) is 0. The molecule has 0 saturated heterocycles. The van der Waals surface area contributed by atoms with Gasteiger partial charge in [-0.2, -0.15) is 0 Å². The summed E-state index contributed by atoms with van der Waals surface area (Å²) < 4.78 is 16.2. The lowest BCUT2D eigenvalue weighted by atomic mass is 9.56. The van der Waals surface area contributed by atoms with Crippen molar-refractivity contribution in [3.63, 3.8) is 0 Å². The molecule has 250 valence electrons. The minimum atomic E-state index is -0.468. The van der Waals surface area contributed by atoms with E-state index in [0.29, 0.717) is 0 Å². The predicted molar refractivity (Wildman–Crippen MR) is 211 cm³/mol. The Morgan fingerprint density at radius 3 is 2.35 bits per heavy atom. The molecular formula is C49H37NO2. The average Bonchev–Trinajstić information content (AvgIpc) is 3.55. The van der Waals surface area contributed by atoms with Crippen molar-refractivity contribution in [3.8, 4) is 28.3 Å². The second-order valence-electron chi connectivity index (χ2n) is 14.6. The summed E-state index contributed by atoms with van der Waals surface area (Å²) in [4.78, 5) is 0. The zero-order valence-corrected chi connectivity index (χ0v) is 28.9. The van der Waals surface area contributed by atoms with E-state index in [-0.39, 0.29) is 5.92 Å². The van der Waals surface area contributed by atoms with Gasteiger partial charge in [0.05, 0.1) is 10.9 Å². The maximum atomic E-state index is 7.09. The van der Waals surface area contributed by atoms with Crippen LogP contribution in [0.3, 0.4) is 0 Å². The number of aromatic nitrogens is 1. The van der Waals surface area contributed by atoms with Gasteiger partial charge in [0, 0.05) is 45.8 Å². The van der Waals surface area contributed by atoms with E-state index in [2.05, 4.69) is 162 Å². The van der Waals surface area contributed by atoms with Gasteiger partial charge in [0.2, 0.25) is 0 Å². The lowest BCUT2D eigenvalue weighted by Gasteiger charge is -2.51. The first-order valence-electron chi connectivity index (χ1n) is 18.6. The summed E-state index contributed by atoms with van der Waals surface area (Å²) in [5.74, 6) is 4.06. The molecular weight excluding hydrogens is 635 g/mol. The maximum absolute atomic E-state index is 7.09. The van der Waals surface area contributed by atoms with Crippen LogP contribution in [-0.4, -0.2) is 4.57 Å². The molecule has 1 aromatic heterocycles. The SMILES string of the molecule is C1=CCC2C(=C1)Oc1ccccc1C21C2=C(CCC(c3ccccc3)=C2)Oc2cc(-c3ccc4c5c(n(-c6ccccc6)c4c3)C=CCC5)ccc21. The molecule has 3 aliphatic carbocycles. The Balaban J connectivity index is 1.13. The van der Waals surface area contributed by atoms with Crippen LogP contribution in [0.25, 0.3) is 39.4 Å². The Morgan fingerprint density at radius 1 is 0.654 bits per heavy atom. The third-order valence-electron chi connectivity index (χ3n) is 11.9. The van der Waals surface area contributed by atoms with Gasteiger partial charge in [0.15, 0.2) is 0 Å². The van der Waals surface area contributed by atoms with Crippen molar-refractivity contribution >= 4 is 22.6 Å². The van der Waals surface area contributed by atoms with Crippen LogP contribution in [0.4, 0.5) is 0 Å². The number of allylic oxidation sites excluding steroid dienone is 9. The van der Waals surface area contributed by atoms with Gasteiger partial charge in [-0.05, 0) is 96.0 Å². The maximum Gasteiger partial charge on any atom is 0.132 e. The van der Waals surface area contributed by atoms with Crippen LogP contribution in [0.2, 0.25) is 0 Å². The van der Waals surface area contributed by atoms with Crippen molar-refractivity contribution in [3.05, 3.63) is 197 Å². The molecule has 5 aromatic carbocycles.